The van der Waals surface area contributed by atoms with Crippen molar-refractivity contribution in [2.45, 2.75) is 18.9 Å². The summed E-state index contributed by atoms with van der Waals surface area (Å²) in [5.74, 6) is -1.56. The van der Waals surface area contributed by atoms with Crippen LogP contribution in [0.3, 0.4) is 0 Å². The first-order valence-corrected chi connectivity index (χ1v) is 5.36. The molecule has 0 fully saturated rings. The Morgan fingerprint density at radius 1 is 1.33 bits per heavy atom. The summed E-state index contributed by atoms with van der Waals surface area (Å²) in [7, 11) is 0. The van der Waals surface area contributed by atoms with Gasteiger partial charge in [-0.25, -0.2) is 0 Å². The van der Waals surface area contributed by atoms with Crippen LogP contribution in [0.4, 0.5) is 0 Å². The molecule has 0 saturated carbocycles. The van der Waals surface area contributed by atoms with E-state index in [1.807, 2.05) is 0 Å². The fourth-order valence-corrected chi connectivity index (χ4v) is 1.28. The zero-order chi connectivity index (χ0) is 13.6. The third-order valence-corrected chi connectivity index (χ3v) is 2.14. The Bertz CT molecular complexity index is 415. The number of allylic oxidation sites excluding steroid dienone is 2. The lowest BCUT2D eigenvalue weighted by Gasteiger charge is -2.23. The highest BCUT2D eigenvalue weighted by Gasteiger charge is 2.26. The molecule has 0 radical (unpaired) electrons. The minimum absolute atomic E-state index is 0.0533. The van der Waals surface area contributed by atoms with Crippen molar-refractivity contribution >= 4 is 17.7 Å². The van der Waals surface area contributed by atoms with Crippen molar-refractivity contribution < 1.29 is 23.9 Å². The second-order valence-electron chi connectivity index (χ2n) is 3.88. The number of hydrogen-bond acceptors (Lipinski definition) is 5. The van der Waals surface area contributed by atoms with Crippen LogP contribution in [0, 0.1) is 0 Å². The number of carbonyl (C=O) groups excluding carboxylic acids is 3. The Kier molecular flexibility index (Phi) is 4.59. The van der Waals surface area contributed by atoms with Crippen LogP contribution in [0.1, 0.15) is 13.3 Å². The van der Waals surface area contributed by atoms with E-state index in [-0.39, 0.29) is 12.4 Å². The van der Waals surface area contributed by atoms with Gasteiger partial charge in [0.25, 0.3) is 0 Å². The summed E-state index contributed by atoms with van der Waals surface area (Å²) in [5.41, 5.74) is -0.996. The third kappa shape index (κ3) is 4.37. The molecule has 0 atom stereocenters. The Hall–Kier alpha value is -2.17. The van der Waals surface area contributed by atoms with E-state index >= 15 is 0 Å². The van der Waals surface area contributed by atoms with Gasteiger partial charge in [0.2, 0.25) is 0 Å². The average molecular weight is 250 g/mol. The quantitative estimate of drug-likeness (QED) is 0.415. The molecular weight excluding hydrogens is 236 g/mol. The van der Waals surface area contributed by atoms with Crippen LogP contribution in [0.2, 0.25) is 0 Å². The lowest BCUT2D eigenvalue weighted by molar-refractivity contribution is -0.158. The molecule has 0 aromatic carbocycles. The normalized spacial score (nSPS) is 16.2. The molecule has 0 aromatic heterocycles. The van der Waals surface area contributed by atoms with Gasteiger partial charge in [0.1, 0.15) is 18.6 Å². The second-order valence-corrected chi connectivity index (χ2v) is 3.88. The van der Waals surface area contributed by atoms with Gasteiger partial charge in [-0.15, -0.1) is 0 Å². The Morgan fingerprint density at radius 3 is 2.50 bits per heavy atom. The second kappa shape index (κ2) is 5.95. The van der Waals surface area contributed by atoms with Crippen molar-refractivity contribution in [2.24, 2.45) is 0 Å². The molecule has 1 aliphatic rings. The van der Waals surface area contributed by atoms with Gasteiger partial charge in [-0.2, -0.15) is 0 Å². The number of esters is 2. The lowest BCUT2D eigenvalue weighted by Crippen LogP contribution is -2.30. The van der Waals surface area contributed by atoms with Gasteiger partial charge in [0.05, 0.1) is 0 Å². The van der Waals surface area contributed by atoms with E-state index in [2.05, 4.69) is 11.3 Å². The van der Waals surface area contributed by atoms with Crippen LogP contribution in [0.15, 0.2) is 37.0 Å². The van der Waals surface area contributed by atoms with Crippen LogP contribution in [-0.2, 0) is 23.9 Å². The fraction of sp³-hybridized carbons (Fsp3) is 0.308. The summed E-state index contributed by atoms with van der Waals surface area (Å²) in [6, 6.07) is 0. The zero-order valence-electron chi connectivity index (χ0n) is 10.0. The minimum Gasteiger partial charge on any atom is -0.461 e. The predicted octanol–water partition coefficient (Wildman–Crippen LogP) is 1.10. The van der Waals surface area contributed by atoms with Crippen molar-refractivity contribution in [3.63, 3.8) is 0 Å². The molecule has 5 nitrogen and oxygen atoms in total. The van der Waals surface area contributed by atoms with Crippen LogP contribution < -0.4 is 0 Å². The molecule has 0 spiro atoms. The molecule has 96 valence electrons. The number of ether oxygens (including phenoxy) is 2. The first kappa shape index (κ1) is 13.9. The maximum Gasteiger partial charge on any atom is 0.318 e. The summed E-state index contributed by atoms with van der Waals surface area (Å²) < 4.78 is 9.74. The van der Waals surface area contributed by atoms with Gasteiger partial charge < -0.3 is 9.47 Å². The van der Waals surface area contributed by atoms with Crippen molar-refractivity contribution in [2.75, 3.05) is 6.61 Å². The summed E-state index contributed by atoms with van der Waals surface area (Å²) in [5, 5.41) is 0. The van der Waals surface area contributed by atoms with E-state index in [0.29, 0.717) is 0 Å². The minimum atomic E-state index is -0.996. The van der Waals surface area contributed by atoms with Crippen LogP contribution in [0.5, 0.6) is 0 Å². The van der Waals surface area contributed by atoms with Crippen molar-refractivity contribution in [3.8, 4) is 0 Å². The number of rotatable bonds is 5. The largest absolute Gasteiger partial charge is 0.461 e. The molecule has 18 heavy (non-hydrogen) atoms. The maximum absolute atomic E-state index is 11.5. The maximum atomic E-state index is 11.5. The lowest BCUT2D eigenvalue weighted by atomic mass is 10.00. The molecule has 0 aromatic rings. The van der Waals surface area contributed by atoms with Crippen LogP contribution >= 0.6 is 0 Å². The SMILES string of the molecule is C=CCOC(=O)CC(=O)OC1(C)C=CC(=O)C=C1. The third-order valence-electron chi connectivity index (χ3n) is 2.14. The van der Waals surface area contributed by atoms with Gasteiger partial charge in [-0.3, -0.25) is 14.4 Å². The van der Waals surface area contributed by atoms with Crippen LogP contribution in [0.25, 0.3) is 0 Å². The first-order valence-electron chi connectivity index (χ1n) is 5.36. The molecular formula is C13H14O5. The smallest absolute Gasteiger partial charge is 0.318 e. The van der Waals surface area contributed by atoms with Gasteiger partial charge in [-0.05, 0) is 31.2 Å². The summed E-state index contributed by atoms with van der Waals surface area (Å²) in [6.45, 7) is 5.04. The van der Waals surface area contributed by atoms with E-state index in [1.54, 1.807) is 6.92 Å². The molecule has 0 heterocycles. The average Bonchev–Trinajstić information content (AvgIpc) is 2.30. The Morgan fingerprint density at radius 2 is 1.94 bits per heavy atom. The van der Waals surface area contributed by atoms with E-state index in [1.165, 1.54) is 30.4 Å². The van der Waals surface area contributed by atoms with Gasteiger partial charge in [0.15, 0.2) is 5.78 Å². The van der Waals surface area contributed by atoms with E-state index in [0.717, 1.165) is 0 Å². The molecule has 1 rings (SSSR count). The molecule has 0 saturated heterocycles. The van der Waals surface area contributed by atoms with Crippen molar-refractivity contribution in [1.82, 2.24) is 0 Å². The molecule has 0 bridgehead atoms. The van der Waals surface area contributed by atoms with Gasteiger partial charge >= 0.3 is 11.9 Å². The van der Waals surface area contributed by atoms with Gasteiger partial charge in [-0.1, -0.05) is 12.7 Å². The summed E-state index contributed by atoms with van der Waals surface area (Å²) in [4.78, 5) is 33.6. The van der Waals surface area contributed by atoms with Crippen molar-refractivity contribution in [3.05, 3.63) is 37.0 Å². The zero-order valence-corrected chi connectivity index (χ0v) is 10.0. The highest BCUT2D eigenvalue weighted by atomic mass is 16.6. The molecule has 5 heteroatoms. The van der Waals surface area contributed by atoms with Gasteiger partial charge in [0, 0.05) is 0 Å². The summed E-state index contributed by atoms with van der Waals surface area (Å²) in [6.07, 6.45) is 6.47. The number of ketones is 1. The Labute approximate surface area is 105 Å². The molecule has 0 aliphatic heterocycles. The number of carbonyl (C=O) groups is 3. The predicted molar refractivity (Wildman–Crippen MR) is 63.6 cm³/mol. The van der Waals surface area contributed by atoms with E-state index in [9.17, 15) is 14.4 Å². The molecule has 0 amide bonds. The topological polar surface area (TPSA) is 69.7 Å². The highest BCUT2D eigenvalue weighted by molar-refractivity contribution is 6.00. The first-order chi connectivity index (χ1) is 8.45. The monoisotopic (exact) mass is 250 g/mol. The molecule has 1 aliphatic carbocycles. The Balaban J connectivity index is 2.47. The molecule has 0 unspecified atom stereocenters. The van der Waals surface area contributed by atoms with E-state index in [4.69, 9.17) is 4.74 Å². The number of hydrogen-bond donors (Lipinski definition) is 0. The van der Waals surface area contributed by atoms with Crippen LogP contribution in [-0.4, -0.2) is 29.9 Å². The highest BCUT2D eigenvalue weighted by Crippen LogP contribution is 2.19. The molecule has 0 N–H and O–H groups in total. The van der Waals surface area contributed by atoms with Crippen molar-refractivity contribution in [1.29, 1.82) is 0 Å². The standard InChI is InChI=1S/C13H14O5/c1-3-8-17-11(15)9-12(16)18-13(2)6-4-10(14)5-7-13/h3-7H,1,8-9H2,2H3. The summed E-state index contributed by atoms with van der Waals surface area (Å²) >= 11 is 0. The van der Waals surface area contributed by atoms with E-state index < -0.39 is 24.0 Å². The fourth-order valence-electron chi connectivity index (χ4n) is 1.28.